The van der Waals surface area contributed by atoms with E-state index in [4.69, 9.17) is 15.2 Å². The van der Waals surface area contributed by atoms with E-state index in [2.05, 4.69) is 6.07 Å². The zero-order valence-corrected chi connectivity index (χ0v) is 8.32. The number of hydrogen-bond donors (Lipinski definition) is 1. The monoisotopic (exact) mass is 193 g/mol. The van der Waals surface area contributed by atoms with Crippen molar-refractivity contribution < 1.29 is 9.47 Å². The third-order valence-electron chi connectivity index (χ3n) is 2.50. The predicted molar refractivity (Wildman–Crippen MR) is 54.8 cm³/mol. The summed E-state index contributed by atoms with van der Waals surface area (Å²) < 4.78 is 10.9. The van der Waals surface area contributed by atoms with Crippen LogP contribution in [0, 0.1) is 0 Å². The Hall–Kier alpha value is -1.22. The summed E-state index contributed by atoms with van der Waals surface area (Å²) in [5, 5.41) is 0. The normalized spacial score (nSPS) is 18.9. The van der Waals surface area contributed by atoms with Crippen molar-refractivity contribution in [1.29, 1.82) is 0 Å². The van der Waals surface area contributed by atoms with Gasteiger partial charge < -0.3 is 15.2 Å². The average Bonchev–Trinajstić information content (AvgIpc) is 2.59. The first-order valence-corrected chi connectivity index (χ1v) is 4.87. The second-order valence-corrected chi connectivity index (χ2v) is 3.49. The topological polar surface area (TPSA) is 44.5 Å². The van der Waals surface area contributed by atoms with E-state index in [1.54, 1.807) is 7.11 Å². The average molecular weight is 193 g/mol. The van der Waals surface area contributed by atoms with Crippen molar-refractivity contribution in [3.63, 3.8) is 0 Å². The lowest BCUT2D eigenvalue weighted by atomic mass is 10.1. The van der Waals surface area contributed by atoms with Gasteiger partial charge in [0.15, 0.2) is 0 Å². The molecule has 3 nitrogen and oxygen atoms in total. The van der Waals surface area contributed by atoms with Crippen molar-refractivity contribution in [3.05, 3.63) is 23.8 Å². The van der Waals surface area contributed by atoms with Crippen LogP contribution in [-0.4, -0.2) is 19.8 Å². The fourth-order valence-corrected chi connectivity index (χ4v) is 1.75. The van der Waals surface area contributed by atoms with E-state index < -0.39 is 0 Å². The highest BCUT2D eigenvalue weighted by molar-refractivity contribution is 5.43. The molecule has 14 heavy (non-hydrogen) atoms. The lowest BCUT2D eigenvalue weighted by Gasteiger charge is -2.08. The van der Waals surface area contributed by atoms with Crippen LogP contribution in [0.25, 0.3) is 0 Å². The molecule has 0 aromatic heterocycles. The Kier molecular flexibility index (Phi) is 2.59. The fraction of sp³-hybridized carbons (Fsp3) is 0.455. The summed E-state index contributed by atoms with van der Waals surface area (Å²) in [6.45, 7) is 0.676. The van der Waals surface area contributed by atoms with Crippen LogP contribution in [0.3, 0.4) is 0 Å². The Balaban J connectivity index is 2.14. The maximum Gasteiger partial charge on any atom is 0.126 e. The largest absolute Gasteiger partial charge is 0.497 e. The summed E-state index contributed by atoms with van der Waals surface area (Å²) in [6.07, 6.45) is 2.13. The third-order valence-corrected chi connectivity index (χ3v) is 2.50. The molecule has 0 saturated carbocycles. The fourth-order valence-electron chi connectivity index (χ4n) is 1.75. The van der Waals surface area contributed by atoms with Crippen LogP contribution in [0.1, 0.15) is 12.0 Å². The highest BCUT2D eigenvalue weighted by Gasteiger charge is 2.22. The smallest absolute Gasteiger partial charge is 0.126 e. The molecule has 1 aliphatic rings. The molecule has 0 fully saturated rings. The molecular weight excluding hydrogens is 178 g/mol. The number of ether oxygens (including phenoxy) is 2. The van der Waals surface area contributed by atoms with Crippen LogP contribution >= 0.6 is 0 Å². The van der Waals surface area contributed by atoms with Crippen molar-refractivity contribution in [2.24, 2.45) is 5.73 Å². The Morgan fingerprint density at radius 2 is 2.43 bits per heavy atom. The van der Waals surface area contributed by atoms with Gasteiger partial charge in [-0.3, -0.25) is 0 Å². The number of methoxy groups -OCH3 is 1. The molecule has 1 atom stereocenters. The maximum absolute atomic E-state index is 5.73. The van der Waals surface area contributed by atoms with Gasteiger partial charge in [0.25, 0.3) is 0 Å². The van der Waals surface area contributed by atoms with Gasteiger partial charge in [0.1, 0.15) is 17.6 Å². The summed E-state index contributed by atoms with van der Waals surface area (Å²) in [5.41, 5.74) is 6.75. The van der Waals surface area contributed by atoms with E-state index in [0.29, 0.717) is 6.54 Å². The predicted octanol–water partition coefficient (Wildman–Crippen LogP) is 1.35. The zero-order valence-electron chi connectivity index (χ0n) is 8.32. The van der Waals surface area contributed by atoms with Gasteiger partial charge >= 0.3 is 0 Å². The van der Waals surface area contributed by atoms with Gasteiger partial charge in [0.2, 0.25) is 0 Å². The first kappa shape index (κ1) is 9.34. The highest BCUT2D eigenvalue weighted by Crippen LogP contribution is 2.32. The van der Waals surface area contributed by atoms with Crippen LogP contribution < -0.4 is 15.2 Å². The van der Waals surface area contributed by atoms with Crippen LogP contribution in [0.5, 0.6) is 11.5 Å². The molecule has 0 radical (unpaired) electrons. The summed E-state index contributed by atoms with van der Waals surface area (Å²) in [6, 6.07) is 5.96. The molecule has 1 aliphatic heterocycles. The van der Waals surface area contributed by atoms with E-state index in [1.807, 2.05) is 12.1 Å². The van der Waals surface area contributed by atoms with E-state index >= 15 is 0 Å². The molecule has 1 aromatic carbocycles. The molecule has 1 unspecified atom stereocenters. The minimum absolute atomic E-state index is 0.252. The first-order valence-electron chi connectivity index (χ1n) is 4.87. The third kappa shape index (κ3) is 1.68. The molecule has 0 aliphatic carbocycles. The van der Waals surface area contributed by atoms with Gasteiger partial charge in [-0.2, -0.15) is 0 Å². The van der Waals surface area contributed by atoms with Gasteiger partial charge in [0.05, 0.1) is 7.11 Å². The minimum Gasteiger partial charge on any atom is -0.497 e. The second-order valence-electron chi connectivity index (χ2n) is 3.49. The molecule has 2 N–H and O–H groups in total. The van der Waals surface area contributed by atoms with Crippen molar-refractivity contribution in [2.45, 2.75) is 18.9 Å². The van der Waals surface area contributed by atoms with Crippen LogP contribution in [-0.2, 0) is 6.42 Å². The van der Waals surface area contributed by atoms with Gasteiger partial charge in [-0.1, -0.05) is 6.07 Å². The van der Waals surface area contributed by atoms with Crippen LogP contribution in [0.2, 0.25) is 0 Å². The first-order chi connectivity index (χ1) is 6.83. The van der Waals surface area contributed by atoms with Gasteiger partial charge in [-0.15, -0.1) is 0 Å². The maximum atomic E-state index is 5.73. The van der Waals surface area contributed by atoms with Crippen molar-refractivity contribution in [2.75, 3.05) is 13.7 Å². The second kappa shape index (κ2) is 3.88. The van der Waals surface area contributed by atoms with Crippen molar-refractivity contribution in [3.8, 4) is 11.5 Å². The molecule has 0 saturated heterocycles. The van der Waals surface area contributed by atoms with Crippen molar-refractivity contribution in [1.82, 2.24) is 0 Å². The van der Waals surface area contributed by atoms with Crippen LogP contribution in [0.4, 0.5) is 0 Å². The number of fused-ring (bicyclic) bond motifs is 1. The molecule has 1 aromatic rings. The summed E-state index contributed by atoms with van der Waals surface area (Å²) in [5.74, 6) is 1.79. The SMILES string of the molecule is COc1ccc2c(c1)OC(CCN)C2. The Labute approximate surface area is 83.8 Å². The van der Waals surface area contributed by atoms with E-state index in [-0.39, 0.29) is 6.10 Å². The molecule has 3 heteroatoms. The summed E-state index contributed by atoms with van der Waals surface area (Å²) in [4.78, 5) is 0. The van der Waals surface area contributed by atoms with Gasteiger partial charge in [0, 0.05) is 12.5 Å². The van der Waals surface area contributed by atoms with E-state index in [1.165, 1.54) is 5.56 Å². The Bertz CT molecular complexity index is 325. The van der Waals surface area contributed by atoms with Gasteiger partial charge in [-0.25, -0.2) is 0 Å². The molecule has 1 heterocycles. The Morgan fingerprint density at radius 1 is 1.57 bits per heavy atom. The van der Waals surface area contributed by atoms with Crippen LogP contribution in [0.15, 0.2) is 18.2 Å². The Morgan fingerprint density at radius 3 is 3.14 bits per heavy atom. The lowest BCUT2D eigenvalue weighted by molar-refractivity contribution is 0.224. The number of nitrogens with two attached hydrogens (primary N) is 1. The standard InChI is InChI=1S/C11H15NO2/c1-13-9-3-2-8-6-10(4-5-12)14-11(8)7-9/h2-3,7,10H,4-6,12H2,1H3. The molecule has 2 rings (SSSR count). The summed E-state index contributed by atoms with van der Waals surface area (Å²) >= 11 is 0. The quantitative estimate of drug-likeness (QED) is 0.788. The zero-order chi connectivity index (χ0) is 9.97. The lowest BCUT2D eigenvalue weighted by Crippen LogP contribution is -2.17. The van der Waals surface area contributed by atoms with Crippen molar-refractivity contribution >= 4 is 0 Å². The minimum atomic E-state index is 0.252. The number of benzene rings is 1. The highest BCUT2D eigenvalue weighted by atomic mass is 16.5. The molecule has 76 valence electrons. The van der Waals surface area contributed by atoms with E-state index in [0.717, 1.165) is 24.3 Å². The molecule has 0 amide bonds. The summed E-state index contributed by atoms with van der Waals surface area (Å²) in [7, 11) is 1.66. The van der Waals surface area contributed by atoms with E-state index in [9.17, 15) is 0 Å². The number of hydrogen-bond acceptors (Lipinski definition) is 3. The number of rotatable bonds is 3. The van der Waals surface area contributed by atoms with Gasteiger partial charge in [-0.05, 0) is 24.6 Å². The molecule has 0 spiro atoms. The molecular formula is C11H15NO2. The molecule has 0 bridgehead atoms.